The van der Waals surface area contributed by atoms with Crippen LogP contribution in [0.25, 0.3) is 0 Å². The van der Waals surface area contributed by atoms with Crippen molar-refractivity contribution >= 4 is 23.2 Å². The average Bonchev–Trinajstić information content (AvgIpc) is 2.42. The predicted molar refractivity (Wildman–Crippen MR) is 77.3 cm³/mol. The van der Waals surface area contributed by atoms with Crippen LogP contribution in [0, 0.1) is 11.3 Å². The highest BCUT2D eigenvalue weighted by molar-refractivity contribution is 6.11. The third-order valence-corrected chi connectivity index (χ3v) is 4.34. The fourth-order valence-corrected chi connectivity index (χ4v) is 3.40. The van der Waals surface area contributed by atoms with Crippen molar-refractivity contribution in [2.75, 3.05) is 23.3 Å². The second-order valence-electron chi connectivity index (χ2n) is 5.95. The lowest BCUT2D eigenvalue weighted by Crippen LogP contribution is -2.57. The number of benzene rings is 1. The fourth-order valence-electron chi connectivity index (χ4n) is 3.40. The standard InChI is InChI=1S/C15H19N3O2/c1-10-6-15(7-10,9-16)14(20)18-8-13(19)17-11-4-2-3-5-12(11)18/h2-5,10H,6-9,16H2,1H3,(H,17,19). The van der Waals surface area contributed by atoms with E-state index in [4.69, 9.17) is 5.73 Å². The van der Waals surface area contributed by atoms with Crippen LogP contribution in [0.2, 0.25) is 0 Å². The zero-order valence-electron chi connectivity index (χ0n) is 11.6. The first kappa shape index (κ1) is 13.1. The van der Waals surface area contributed by atoms with Crippen LogP contribution in [0.1, 0.15) is 19.8 Å². The van der Waals surface area contributed by atoms with Crippen LogP contribution >= 0.6 is 0 Å². The van der Waals surface area contributed by atoms with E-state index < -0.39 is 5.41 Å². The van der Waals surface area contributed by atoms with Gasteiger partial charge in [0.1, 0.15) is 6.54 Å². The van der Waals surface area contributed by atoms with Gasteiger partial charge in [0, 0.05) is 6.54 Å². The van der Waals surface area contributed by atoms with Crippen LogP contribution in [0.15, 0.2) is 24.3 Å². The van der Waals surface area contributed by atoms with E-state index in [0.29, 0.717) is 18.2 Å². The first-order chi connectivity index (χ1) is 9.55. The number of carbonyl (C=O) groups is 2. The van der Waals surface area contributed by atoms with Gasteiger partial charge in [-0.2, -0.15) is 0 Å². The molecule has 2 amide bonds. The van der Waals surface area contributed by atoms with Crippen molar-refractivity contribution in [2.24, 2.45) is 17.1 Å². The first-order valence-corrected chi connectivity index (χ1v) is 6.97. The van der Waals surface area contributed by atoms with Gasteiger partial charge in [0.2, 0.25) is 11.8 Å². The Labute approximate surface area is 118 Å². The SMILES string of the molecule is CC1CC(CN)(C(=O)N2CC(=O)Nc3ccccc32)C1. The molecule has 1 saturated carbocycles. The molecule has 0 aromatic heterocycles. The van der Waals surface area contributed by atoms with Crippen LogP contribution in [0.4, 0.5) is 11.4 Å². The molecule has 0 spiro atoms. The third kappa shape index (κ3) is 1.89. The summed E-state index contributed by atoms with van der Waals surface area (Å²) in [6, 6.07) is 7.39. The van der Waals surface area contributed by atoms with Crippen molar-refractivity contribution in [1.29, 1.82) is 0 Å². The quantitative estimate of drug-likeness (QED) is 0.854. The van der Waals surface area contributed by atoms with E-state index >= 15 is 0 Å². The Hall–Kier alpha value is -1.88. The monoisotopic (exact) mass is 273 g/mol. The van der Waals surface area contributed by atoms with E-state index in [2.05, 4.69) is 12.2 Å². The van der Waals surface area contributed by atoms with Crippen LogP contribution in [-0.2, 0) is 9.59 Å². The summed E-state index contributed by atoms with van der Waals surface area (Å²) in [5.74, 6) is 0.355. The highest BCUT2D eigenvalue weighted by atomic mass is 16.2. The molecule has 20 heavy (non-hydrogen) atoms. The topological polar surface area (TPSA) is 75.4 Å². The summed E-state index contributed by atoms with van der Waals surface area (Å²) in [7, 11) is 0. The maximum Gasteiger partial charge on any atom is 0.244 e. The second kappa shape index (κ2) is 4.59. The number of nitrogens with zero attached hydrogens (tertiary/aromatic N) is 1. The van der Waals surface area contributed by atoms with Gasteiger partial charge in [-0.15, -0.1) is 0 Å². The molecule has 3 rings (SSSR count). The smallest absolute Gasteiger partial charge is 0.244 e. The Morgan fingerprint density at radius 3 is 2.80 bits per heavy atom. The lowest BCUT2D eigenvalue weighted by molar-refractivity contribution is -0.136. The molecule has 106 valence electrons. The minimum Gasteiger partial charge on any atom is -0.329 e. The Balaban J connectivity index is 1.94. The predicted octanol–water partition coefficient (Wildman–Crippen LogP) is 1.35. The van der Waals surface area contributed by atoms with Crippen LogP contribution < -0.4 is 16.0 Å². The number of hydrogen-bond acceptors (Lipinski definition) is 3. The number of carbonyl (C=O) groups excluding carboxylic acids is 2. The third-order valence-electron chi connectivity index (χ3n) is 4.34. The normalized spacial score (nSPS) is 28.4. The highest BCUT2D eigenvalue weighted by Crippen LogP contribution is 2.47. The number of amides is 2. The van der Waals surface area contributed by atoms with Gasteiger partial charge < -0.3 is 16.0 Å². The highest BCUT2D eigenvalue weighted by Gasteiger charge is 2.50. The van der Waals surface area contributed by atoms with Crippen LogP contribution in [-0.4, -0.2) is 24.9 Å². The second-order valence-corrected chi connectivity index (χ2v) is 5.95. The van der Waals surface area contributed by atoms with E-state index in [-0.39, 0.29) is 18.4 Å². The van der Waals surface area contributed by atoms with Gasteiger partial charge in [-0.25, -0.2) is 0 Å². The summed E-state index contributed by atoms with van der Waals surface area (Å²) in [4.78, 5) is 26.2. The van der Waals surface area contributed by atoms with Gasteiger partial charge in [-0.05, 0) is 30.9 Å². The molecule has 1 aromatic carbocycles. The number of rotatable bonds is 2. The largest absolute Gasteiger partial charge is 0.329 e. The summed E-state index contributed by atoms with van der Waals surface area (Å²) in [5.41, 5.74) is 6.82. The lowest BCUT2D eigenvalue weighted by Gasteiger charge is -2.47. The first-order valence-electron chi connectivity index (χ1n) is 6.97. The van der Waals surface area contributed by atoms with Crippen molar-refractivity contribution in [3.05, 3.63) is 24.3 Å². The van der Waals surface area contributed by atoms with E-state index in [9.17, 15) is 9.59 Å². The van der Waals surface area contributed by atoms with Crippen molar-refractivity contribution < 1.29 is 9.59 Å². The number of nitrogens with two attached hydrogens (primary N) is 1. The molecule has 0 atom stereocenters. The zero-order valence-corrected chi connectivity index (χ0v) is 11.6. The van der Waals surface area contributed by atoms with Crippen molar-refractivity contribution in [2.45, 2.75) is 19.8 Å². The Bertz CT molecular complexity index is 564. The number of anilines is 2. The molecule has 5 nitrogen and oxygen atoms in total. The molecule has 1 aliphatic carbocycles. The van der Waals surface area contributed by atoms with Gasteiger partial charge in [-0.3, -0.25) is 9.59 Å². The van der Waals surface area contributed by atoms with Gasteiger partial charge in [0.15, 0.2) is 0 Å². The molecule has 1 fully saturated rings. The van der Waals surface area contributed by atoms with Crippen LogP contribution in [0.5, 0.6) is 0 Å². The summed E-state index contributed by atoms with van der Waals surface area (Å²) in [6.07, 6.45) is 1.62. The Kier molecular flexibility index (Phi) is 3.01. The van der Waals surface area contributed by atoms with Crippen molar-refractivity contribution in [3.8, 4) is 0 Å². The summed E-state index contributed by atoms with van der Waals surface area (Å²) in [5, 5.41) is 2.79. The maximum absolute atomic E-state index is 12.9. The van der Waals surface area contributed by atoms with Gasteiger partial charge in [0.25, 0.3) is 0 Å². The molecule has 1 aliphatic heterocycles. The van der Waals surface area contributed by atoms with Crippen LogP contribution in [0.3, 0.4) is 0 Å². The molecule has 0 radical (unpaired) electrons. The van der Waals surface area contributed by atoms with Gasteiger partial charge in [-0.1, -0.05) is 19.1 Å². The van der Waals surface area contributed by atoms with E-state index in [0.717, 1.165) is 18.5 Å². The van der Waals surface area contributed by atoms with Gasteiger partial charge >= 0.3 is 0 Å². The molecule has 3 N–H and O–H groups in total. The molecule has 0 unspecified atom stereocenters. The zero-order chi connectivity index (χ0) is 14.3. The van der Waals surface area contributed by atoms with Crippen molar-refractivity contribution in [1.82, 2.24) is 0 Å². The van der Waals surface area contributed by atoms with Gasteiger partial charge in [0.05, 0.1) is 16.8 Å². The Morgan fingerprint density at radius 2 is 2.15 bits per heavy atom. The minimum atomic E-state index is -0.482. The molecule has 2 aliphatic rings. The van der Waals surface area contributed by atoms with E-state index in [1.165, 1.54) is 0 Å². The molecule has 0 bridgehead atoms. The summed E-state index contributed by atoms with van der Waals surface area (Å²) >= 11 is 0. The summed E-state index contributed by atoms with van der Waals surface area (Å²) < 4.78 is 0. The minimum absolute atomic E-state index is 0.0135. The molecular weight excluding hydrogens is 254 g/mol. The van der Waals surface area contributed by atoms with E-state index in [1.54, 1.807) is 4.90 Å². The molecular formula is C15H19N3O2. The number of fused-ring (bicyclic) bond motifs is 1. The van der Waals surface area contributed by atoms with E-state index in [1.807, 2.05) is 24.3 Å². The maximum atomic E-state index is 12.9. The molecule has 0 saturated heterocycles. The van der Waals surface area contributed by atoms with Crippen molar-refractivity contribution in [3.63, 3.8) is 0 Å². The average molecular weight is 273 g/mol. The number of para-hydroxylation sites is 2. The number of nitrogens with one attached hydrogen (secondary N) is 1. The number of hydrogen-bond donors (Lipinski definition) is 2. The summed E-state index contributed by atoms with van der Waals surface area (Å²) in [6.45, 7) is 2.54. The molecule has 1 heterocycles. The molecule has 5 heteroatoms. The Morgan fingerprint density at radius 1 is 1.45 bits per heavy atom. The lowest BCUT2D eigenvalue weighted by atomic mass is 9.61. The fraction of sp³-hybridized carbons (Fsp3) is 0.467. The molecule has 1 aromatic rings.